The molecule has 1 nitrogen and oxygen atoms in total. The van der Waals surface area contributed by atoms with E-state index >= 15 is 0 Å². The van der Waals surface area contributed by atoms with Gasteiger partial charge in [0.2, 0.25) is 0 Å². The average Bonchev–Trinajstić information content (AvgIpc) is 3.84. The van der Waals surface area contributed by atoms with E-state index < -0.39 is 5.41 Å². The maximum atomic E-state index is 7.24. The Morgan fingerprint density at radius 3 is 1.52 bits per heavy atom. The number of hydrogen-bond acceptors (Lipinski definition) is 1. The lowest BCUT2D eigenvalue weighted by molar-refractivity contribution is 0.399. The summed E-state index contributed by atoms with van der Waals surface area (Å²) >= 11 is 0. The van der Waals surface area contributed by atoms with E-state index in [1.54, 1.807) is 0 Å². The molecule has 0 heterocycles. The van der Waals surface area contributed by atoms with Gasteiger partial charge in [-0.3, -0.25) is 0 Å². The molecule has 1 saturated carbocycles. The van der Waals surface area contributed by atoms with Crippen LogP contribution in [0.4, 0.5) is 17.1 Å². The summed E-state index contributed by atoms with van der Waals surface area (Å²) in [6.45, 7) is 9.20. The molecule has 0 N–H and O–H groups in total. The molecule has 0 amide bonds. The van der Waals surface area contributed by atoms with Crippen molar-refractivity contribution in [3.8, 4) is 44.5 Å². The van der Waals surface area contributed by atoms with Crippen molar-refractivity contribution in [1.29, 1.82) is 0 Å². The highest BCUT2D eigenvalue weighted by atomic mass is 15.1. The van der Waals surface area contributed by atoms with Crippen molar-refractivity contribution in [2.24, 2.45) is 0 Å². The summed E-state index contributed by atoms with van der Waals surface area (Å²) in [5, 5.41) is -0.291. The molecule has 1 spiro atoms. The smallest absolute Gasteiger partial charge is 0.0810 e. The molecule has 0 aliphatic heterocycles. The van der Waals surface area contributed by atoms with E-state index in [2.05, 4.69) is 202 Å². The monoisotopic (exact) mass is 795 g/mol. The van der Waals surface area contributed by atoms with E-state index in [1.165, 1.54) is 114 Å². The lowest BCUT2D eigenvalue weighted by Gasteiger charge is -2.36. The molecule has 8 aromatic rings. The van der Waals surface area contributed by atoms with E-state index in [4.69, 9.17) is 7.85 Å². The van der Waals surface area contributed by atoms with Crippen LogP contribution in [0.5, 0.6) is 0 Å². The standard InChI is InChI=1S/C60H50BN/c1-38-20-28-47-48-29-21-39(2)35-56(48)60(55(47)34-38)54-19-11-8-15-45(54)49-30-26-43(37-57(49)60)62(42-27-31-52-50(36-42)46-16-7-9-17-51(46)58(52,3)4)41-24-22-40(23-25-41)44-14-6-10-18-53(44)59(61)32-12-5-13-33-59/h6-11,14-31,34-37H,5,12-13,32-33H2,1-4H3. The van der Waals surface area contributed by atoms with Crippen LogP contribution in [0.15, 0.2) is 170 Å². The van der Waals surface area contributed by atoms with Crippen molar-refractivity contribution >= 4 is 24.9 Å². The number of hydrogen-bond donors (Lipinski definition) is 0. The molecular weight excluding hydrogens is 745 g/mol. The maximum Gasteiger partial charge on any atom is 0.0810 e. The summed E-state index contributed by atoms with van der Waals surface area (Å²) in [7, 11) is 7.24. The van der Waals surface area contributed by atoms with Crippen LogP contribution in [-0.2, 0) is 16.1 Å². The second-order valence-electron chi connectivity index (χ2n) is 19.2. The van der Waals surface area contributed by atoms with E-state index in [1.807, 2.05) is 0 Å². The van der Waals surface area contributed by atoms with E-state index in [-0.39, 0.29) is 10.7 Å². The Bertz CT molecular complexity index is 3070. The molecule has 0 saturated heterocycles. The van der Waals surface area contributed by atoms with Gasteiger partial charge in [-0.25, -0.2) is 0 Å². The van der Waals surface area contributed by atoms with Gasteiger partial charge in [-0.2, -0.15) is 0 Å². The molecule has 1 fully saturated rings. The van der Waals surface area contributed by atoms with Crippen molar-refractivity contribution in [1.82, 2.24) is 0 Å². The van der Waals surface area contributed by atoms with Crippen LogP contribution < -0.4 is 4.90 Å². The molecule has 8 aromatic carbocycles. The van der Waals surface area contributed by atoms with Gasteiger partial charge in [-0.15, -0.1) is 0 Å². The first-order chi connectivity index (χ1) is 30.2. The van der Waals surface area contributed by atoms with Crippen molar-refractivity contribution in [2.45, 2.75) is 75.9 Å². The van der Waals surface area contributed by atoms with Crippen LogP contribution in [0.25, 0.3) is 44.5 Å². The summed E-state index contributed by atoms with van der Waals surface area (Å²) in [5.74, 6) is 0. The summed E-state index contributed by atoms with van der Waals surface area (Å²) in [6, 6.07) is 64.9. The molecule has 2 heteroatoms. The summed E-state index contributed by atoms with van der Waals surface area (Å²) in [4.78, 5) is 2.50. The van der Waals surface area contributed by atoms with Crippen LogP contribution in [0.1, 0.15) is 96.0 Å². The normalized spacial score (nSPS) is 16.5. The molecule has 0 unspecified atom stereocenters. The van der Waals surface area contributed by atoms with Gasteiger partial charge in [0, 0.05) is 22.5 Å². The Balaban J connectivity index is 1.08. The third-order valence-corrected chi connectivity index (χ3v) is 15.2. The van der Waals surface area contributed by atoms with Gasteiger partial charge in [-0.1, -0.05) is 191 Å². The Kier molecular flexibility index (Phi) is 8.18. The third kappa shape index (κ3) is 5.22. The Morgan fingerprint density at radius 1 is 0.387 bits per heavy atom. The molecule has 0 atom stereocenters. The molecule has 62 heavy (non-hydrogen) atoms. The predicted molar refractivity (Wildman–Crippen MR) is 260 cm³/mol. The van der Waals surface area contributed by atoms with Crippen LogP contribution in [-0.4, -0.2) is 7.85 Å². The molecule has 0 bridgehead atoms. The minimum absolute atomic E-state index is 0.0751. The summed E-state index contributed by atoms with van der Waals surface area (Å²) < 4.78 is 0. The highest BCUT2D eigenvalue weighted by molar-refractivity contribution is 6.16. The molecule has 298 valence electrons. The quantitative estimate of drug-likeness (QED) is 0.157. The molecule has 0 aromatic heterocycles. The van der Waals surface area contributed by atoms with Gasteiger partial charge >= 0.3 is 0 Å². The first-order valence-electron chi connectivity index (χ1n) is 22.7. The first kappa shape index (κ1) is 37.4. The highest BCUT2D eigenvalue weighted by Gasteiger charge is 2.52. The SMILES string of the molecule is [B]C1(c2ccccc2-c2ccc(N(c3ccc4c(c3)-c3ccccc3C4(C)C)c3ccc4c(c3)C3(c5ccccc5-4)c4cc(C)ccc4-c4ccc(C)cc43)cc2)CCCCC1. The van der Waals surface area contributed by atoms with Gasteiger partial charge in [-0.05, 0) is 139 Å². The number of anilines is 3. The minimum Gasteiger partial charge on any atom is -0.310 e. The van der Waals surface area contributed by atoms with Gasteiger partial charge in [0.1, 0.15) is 0 Å². The second-order valence-corrected chi connectivity index (χ2v) is 19.2. The van der Waals surface area contributed by atoms with Crippen molar-refractivity contribution in [2.75, 3.05) is 4.90 Å². The maximum absolute atomic E-state index is 7.24. The zero-order valence-corrected chi connectivity index (χ0v) is 36.2. The van der Waals surface area contributed by atoms with Crippen molar-refractivity contribution in [3.63, 3.8) is 0 Å². The van der Waals surface area contributed by atoms with Gasteiger partial charge in [0.05, 0.1) is 13.3 Å². The van der Waals surface area contributed by atoms with Crippen molar-refractivity contribution in [3.05, 3.63) is 220 Å². The second kappa shape index (κ2) is 13.6. The molecule has 4 aliphatic rings. The minimum atomic E-state index is -0.442. The fourth-order valence-corrected chi connectivity index (χ4v) is 12.2. The number of benzene rings is 8. The fourth-order valence-electron chi connectivity index (χ4n) is 12.2. The molecule has 4 aliphatic carbocycles. The van der Waals surface area contributed by atoms with Crippen LogP contribution >= 0.6 is 0 Å². The molecular formula is C60H50BN. The van der Waals surface area contributed by atoms with Gasteiger partial charge < -0.3 is 4.90 Å². The molecule has 12 rings (SSSR count). The van der Waals surface area contributed by atoms with Crippen LogP contribution in [0.3, 0.4) is 0 Å². The summed E-state index contributed by atoms with van der Waals surface area (Å²) in [5.41, 5.74) is 25.3. The first-order valence-corrected chi connectivity index (χ1v) is 22.7. The highest BCUT2D eigenvalue weighted by Crippen LogP contribution is 2.64. The number of rotatable bonds is 5. The largest absolute Gasteiger partial charge is 0.310 e. The third-order valence-electron chi connectivity index (χ3n) is 15.2. The Labute approximate surface area is 368 Å². The number of aryl methyl sites for hydroxylation is 2. The zero-order valence-electron chi connectivity index (χ0n) is 36.2. The van der Waals surface area contributed by atoms with Crippen LogP contribution in [0.2, 0.25) is 0 Å². The number of nitrogens with zero attached hydrogens (tertiary/aromatic N) is 1. The van der Waals surface area contributed by atoms with Gasteiger partial charge in [0.15, 0.2) is 0 Å². The lowest BCUT2D eigenvalue weighted by atomic mass is 9.55. The van der Waals surface area contributed by atoms with E-state index in [0.717, 1.165) is 29.9 Å². The topological polar surface area (TPSA) is 3.24 Å². The van der Waals surface area contributed by atoms with E-state index in [9.17, 15) is 0 Å². The molecule has 2 radical (unpaired) electrons. The zero-order chi connectivity index (χ0) is 42.0. The van der Waals surface area contributed by atoms with Gasteiger partial charge in [0.25, 0.3) is 0 Å². The van der Waals surface area contributed by atoms with Crippen molar-refractivity contribution < 1.29 is 0 Å². The summed E-state index contributed by atoms with van der Waals surface area (Å²) in [6.07, 6.45) is 5.71. The fraction of sp³-hybridized carbons (Fsp3) is 0.200. The van der Waals surface area contributed by atoms with Crippen LogP contribution in [0, 0.1) is 13.8 Å². The average molecular weight is 796 g/mol. The number of fused-ring (bicyclic) bond motifs is 13. The Hall–Kier alpha value is -6.38. The predicted octanol–water partition coefficient (Wildman–Crippen LogP) is 15.4. The van der Waals surface area contributed by atoms with E-state index in [0.29, 0.717) is 0 Å². The Morgan fingerprint density at radius 2 is 0.855 bits per heavy atom. The lowest BCUT2D eigenvalue weighted by Crippen LogP contribution is -2.29.